The maximum atomic E-state index is 13.0. The highest BCUT2D eigenvalue weighted by atomic mass is 32.2. The number of carbonyl (C=O) groups excluding carboxylic acids is 2. The Balaban J connectivity index is 1.73. The van der Waals surface area contributed by atoms with E-state index in [0.29, 0.717) is 21.8 Å². The van der Waals surface area contributed by atoms with Gasteiger partial charge in [-0.3, -0.25) is 4.79 Å². The standard InChI is InChI=1S/C17H13F3N2O3S/c1-9-6-10-7-25-16(24)14(10)15(21-9)26-8-13(23)22-12-5-3-2-4-11(12)17(18,19)20/h2-6H,7-8H2,1H3,(H,22,23). The number of para-hydroxylation sites is 1. The first-order valence-electron chi connectivity index (χ1n) is 7.52. The van der Waals surface area contributed by atoms with Gasteiger partial charge in [-0.1, -0.05) is 23.9 Å². The number of benzene rings is 1. The lowest BCUT2D eigenvalue weighted by atomic mass is 10.1. The topological polar surface area (TPSA) is 68.3 Å². The average Bonchev–Trinajstić information content (AvgIpc) is 2.93. The first kappa shape index (κ1) is 18.2. The van der Waals surface area contributed by atoms with Crippen molar-refractivity contribution in [3.05, 3.63) is 52.7 Å². The molecule has 0 spiro atoms. The molecule has 0 aliphatic carbocycles. The van der Waals surface area contributed by atoms with Crippen molar-refractivity contribution in [2.24, 2.45) is 0 Å². The summed E-state index contributed by atoms with van der Waals surface area (Å²) in [6.07, 6.45) is -4.57. The maximum absolute atomic E-state index is 13.0. The van der Waals surface area contributed by atoms with Crippen LogP contribution in [0.15, 0.2) is 35.4 Å². The second-order valence-corrected chi connectivity index (χ2v) is 6.52. The molecule has 2 heterocycles. The lowest BCUT2D eigenvalue weighted by molar-refractivity contribution is -0.137. The van der Waals surface area contributed by atoms with Gasteiger partial charge in [0.25, 0.3) is 0 Å². The second-order valence-electron chi connectivity index (χ2n) is 5.56. The number of fused-ring (bicyclic) bond motifs is 1. The van der Waals surface area contributed by atoms with Crippen molar-refractivity contribution in [2.75, 3.05) is 11.1 Å². The fourth-order valence-electron chi connectivity index (χ4n) is 2.52. The minimum absolute atomic E-state index is 0.149. The number of pyridine rings is 1. The summed E-state index contributed by atoms with van der Waals surface area (Å²) in [7, 11) is 0. The van der Waals surface area contributed by atoms with Crippen molar-refractivity contribution < 1.29 is 27.5 Å². The Morgan fingerprint density at radius 1 is 1.35 bits per heavy atom. The van der Waals surface area contributed by atoms with Crippen LogP contribution in [0.4, 0.5) is 18.9 Å². The molecule has 0 atom stereocenters. The molecule has 0 saturated carbocycles. The highest BCUT2D eigenvalue weighted by Crippen LogP contribution is 2.35. The van der Waals surface area contributed by atoms with Crippen molar-refractivity contribution in [3.8, 4) is 0 Å². The van der Waals surface area contributed by atoms with E-state index in [1.807, 2.05) is 0 Å². The highest BCUT2D eigenvalue weighted by molar-refractivity contribution is 8.00. The molecule has 1 amide bonds. The van der Waals surface area contributed by atoms with Gasteiger partial charge < -0.3 is 10.1 Å². The molecule has 26 heavy (non-hydrogen) atoms. The number of aryl methyl sites for hydroxylation is 1. The normalized spacial score (nSPS) is 13.3. The van der Waals surface area contributed by atoms with E-state index in [2.05, 4.69) is 10.3 Å². The summed E-state index contributed by atoms with van der Waals surface area (Å²) >= 11 is 0.979. The number of nitrogens with zero attached hydrogens (tertiary/aromatic N) is 1. The number of alkyl halides is 3. The molecule has 5 nitrogen and oxygen atoms in total. The summed E-state index contributed by atoms with van der Waals surface area (Å²) in [6, 6.07) is 6.46. The SMILES string of the molecule is Cc1cc2c(c(SCC(=O)Nc3ccccc3C(F)(F)F)n1)C(=O)OC2. The minimum atomic E-state index is -4.57. The molecule has 9 heteroatoms. The van der Waals surface area contributed by atoms with Gasteiger partial charge in [0, 0.05) is 11.3 Å². The number of hydrogen-bond donors (Lipinski definition) is 1. The number of thioether (sulfide) groups is 1. The zero-order chi connectivity index (χ0) is 18.9. The molecule has 3 rings (SSSR count). The Morgan fingerprint density at radius 3 is 2.81 bits per heavy atom. The fourth-order valence-corrected chi connectivity index (χ4v) is 3.43. The predicted molar refractivity (Wildman–Crippen MR) is 88.9 cm³/mol. The van der Waals surface area contributed by atoms with E-state index in [4.69, 9.17) is 4.74 Å². The van der Waals surface area contributed by atoms with E-state index in [9.17, 15) is 22.8 Å². The molecule has 1 N–H and O–H groups in total. The van der Waals surface area contributed by atoms with Crippen molar-refractivity contribution in [1.29, 1.82) is 0 Å². The third-order valence-corrected chi connectivity index (χ3v) is 4.58. The number of aromatic nitrogens is 1. The van der Waals surface area contributed by atoms with Crippen LogP contribution in [0.1, 0.15) is 27.2 Å². The third kappa shape index (κ3) is 3.82. The van der Waals surface area contributed by atoms with Gasteiger partial charge in [-0.05, 0) is 25.1 Å². The van der Waals surface area contributed by atoms with E-state index in [0.717, 1.165) is 17.8 Å². The number of nitrogens with one attached hydrogen (secondary N) is 1. The summed E-state index contributed by atoms with van der Waals surface area (Å²) < 4.78 is 43.9. The van der Waals surface area contributed by atoms with Crippen molar-refractivity contribution in [3.63, 3.8) is 0 Å². The Labute approximate surface area is 150 Å². The monoisotopic (exact) mass is 382 g/mol. The average molecular weight is 382 g/mol. The second kappa shape index (κ2) is 6.99. The lowest BCUT2D eigenvalue weighted by Gasteiger charge is -2.13. The number of cyclic esters (lactones) is 1. The van der Waals surface area contributed by atoms with Crippen molar-refractivity contribution in [1.82, 2.24) is 4.98 Å². The fraction of sp³-hybridized carbons (Fsp3) is 0.235. The van der Waals surface area contributed by atoms with Crippen LogP contribution < -0.4 is 5.32 Å². The number of amides is 1. The molecule has 1 aromatic carbocycles. The van der Waals surface area contributed by atoms with Gasteiger partial charge in [0.2, 0.25) is 5.91 Å². The van der Waals surface area contributed by atoms with Crippen LogP contribution in [0.5, 0.6) is 0 Å². The van der Waals surface area contributed by atoms with Gasteiger partial charge in [-0.25, -0.2) is 9.78 Å². The van der Waals surface area contributed by atoms with Crippen LogP contribution in [0.3, 0.4) is 0 Å². The van der Waals surface area contributed by atoms with Crippen molar-refractivity contribution in [2.45, 2.75) is 24.7 Å². The molecule has 1 aliphatic heterocycles. The summed E-state index contributed by atoms with van der Waals surface area (Å²) in [5.74, 6) is -1.34. The Hall–Kier alpha value is -2.55. The zero-order valence-corrected chi connectivity index (χ0v) is 14.3. The number of esters is 1. The quantitative estimate of drug-likeness (QED) is 0.643. The highest BCUT2D eigenvalue weighted by Gasteiger charge is 2.33. The zero-order valence-electron chi connectivity index (χ0n) is 13.5. The molecule has 0 unspecified atom stereocenters. The maximum Gasteiger partial charge on any atom is 0.418 e. The Kier molecular flexibility index (Phi) is 4.90. The van der Waals surface area contributed by atoms with Gasteiger partial charge in [0.05, 0.1) is 22.6 Å². The molecule has 136 valence electrons. The molecule has 0 radical (unpaired) electrons. The van der Waals surface area contributed by atoms with Gasteiger partial charge >= 0.3 is 12.1 Å². The van der Waals surface area contributed by atoms with Crippen LogP contribution in [0.2, 0.25) is 0 Å². The van der Waals surface area contributed by atoms with Gasteiger partial charge in [0.15, 0.2) is 0 Å². The van der Waals surface area contributed by atoms with Gasteiger partial charge in [0.1, 0.15) is 11.6 Å². The number of ether oxygens (including phenoxy) is 1. The number of rotatable bonds is 4. The van der Waals surface area contributed by atoms with Crippen LogP contribution in [0.25, 0.3) is 0 Å². The molecule has 0 saturated heterocycles. The molecule has 0 fully saturated rings. The summed E-state index contributed by atoms with van der Waals surface area (Å²) in [5, 5.41) is 2.59. The van der Waals surface area contributed by atoms with E-state index in [-0.39, 0.29) is 18.0 Å². The van der Waals surface area contributed by atoms with E-state index in [1.54, 1.807) is 13.0 Å². The summed E-state index contributed by atoms with van der Waals surface area (Å²) in [6.45, 7) is 1.89. The van der Waals surface area contributed by atoms with Crippen LogP contribution in [0, 0.1) is 6.92 Å². The summed E-state index contributed by atoms with van der Waals surface area (Å²) in [4.78, 5) is 28.1. The molecular formula is C17H13F3N2O3S. The number of hydrogen-bond acceptors (Lipinski definition) is 5. The first-order chi connectivity index (χ1) is 12.3. The third-order valence-electron chi connectivity index (χ3n) is 3.61. The molecule has 0 bridgehead atoms. The largest absolute Gasteiger partial charge is 0.457 e. The van der Waals surface area contributed by atoms with Gasteiger partial charge in [-0.2, -0.15) is 13.2 Å². The smallest absolute Gasteiger partial charge is 0.418 e. The molecule has 2 aromatic rings. The Bertz CT molecular complexity index is 884. The van der Waals surface area contributed by atoms with Crippen LogP contribution in [-0.4, -0.2) is 22.6 Å². The molecule has 1 aromatic heterocycles. The predicted octanol–water partition coefficient (Wildman–Crippen LogP) is 3.81. The molecular weight excluding hydrogens is 369 g/mol. The van der Waals surface area contributed by atoms with E-state index in [1.165, 1.54) is 18.2 Å². The minimum Gasteiger partial charge on any atom is -0.457 e. The number of carbonyl (C=O) groups is 2. The molecule has 1 aliphatic rings. The van der Waals surface area contributed by atoms with Gasteiger partial charge in [-0.15, -0.1) is 0 Å². The Morgan fingerprint density at radius 2 is 2.08 bits per heavy atom. The summed E-state index contributed by atoms with van der Waals surface area (Å²) in [5.41, 5.74) is 0.424. The lowest BCUT2D eigenvalue weighted by Crippen LogP contribution is -2.18. The van der Waals surface area contributed by atoms with Crippen LogP contribution in [-0.2, 0) is 22.3 Å². The van der Waals surface area contributed by atoms with E-state index < -0.39 is 23.6 Å². The first-order valence-corrected chi connectivity index (χ1v) is 8.51. The van der Waals surface area contributed by atoms with Crippen molar-refractivity contribution >= 4 is 29.3 Å². The van der Waals surface area contributed by atoms with E-state index >= 15 is 0 Å². The van der Waals surface area contributed by atoms with Crippen LogP contribution >= 0.6 is 11.8 Å². The number of halogens is 3. The number of anilines is 1.